The van der Waals surface area contributed by atoms with Gasteiger partial charge in [-0.2, -0.15) is 0 Å². The van der Waals surface area contributed by atoms with Gasteiger partial charge in [-0.05, 0) is 125 Å². The molecule has 17 nitrogen and oxygen atoms in total. The van der Waals surface area contributed by atoms with Gasteiger partial charge in [0, 0.05) is 24.0 Å². The van der Waals surface area contributed by atoms with Crippen LogP contribution in [0.3, 0.4) is 0 Å². The van der Waals surface area contributed by atoms with Crippen molar-refractivity contribution in [3.8, 4) is 28.1 Å². The SMILES string of the molecule is CC.CC1CC(C)O[C@H](C)C1.CC1CCC[C@@H](C)O1.CCCN(Cc1ncc(-c2ccc3c(c2)COc2cc4c(ccc5[nH]c(CN(CCC)C(=O)CNC(=O)OC)nc54)cc2-3)[nH]1)C(=O)CNC(=O)OC. The van der Waals surface area contributed by atoms with E-state index in [0.717, 1.165) is 74.3 Å². The Labute approximate surface area is 419 Å². The summed E-state index contributed by atoms with van der Waals surface area (Å²) in [5, 5.41) is 6.82. The average Bonchev–Trinajstić information content (AvgIpc) is 4.01. The molecule has 8 rings (SSSR count). The summed E-state index contributed by atoms with van der Waals surface area (Å²) in [6, 6.07) is 14.4. The van der Waals surface area contributed by atoms with E-state index in [1.54, 1.807) is 16.0 Å². The van der Waals surface area contributed by atoms with Gasteiger partial charge in [-0.25, -0.2) is 19.6 Å². The number of fused-ring (bicyclic) bond motifs is 6. The first-order valence-electron chi connectivity index (χ1n) is 25.4. The summed E-state index contributed by atoms with van der Waals surface area (Å²) in [6.07, 6.45) is 10.3. The minimum Gasteiger partial charge on any atom is -0.488 e. The summed E-state index contributed by atoms with van der Waals surface area (Å²) in [5.41, 5.74) is 6.46. The normalized spacial score (nSPS) is 18.8. The highest BCUT2D eigenvalue weighted by molar-refractivity contribution is 6.07. The van der Waals surface area contributed by atoms with E-state index in [0.29, 0.717) is 55.8 Å². The first-order chi connectivity index (χ1) is 34.2. The molecule has 2 fully saturated rings. The quantitative estimate of drug-likeness (QED) is 0.0874. The average molecular weight is 983 g/mol. The van der Waals surface area contributed by atoms with Crippen LogP contribution in [-0.4, -0.2) is 119 Å². The number of aromatic nitrogens is 4. The van der Waals surface area contributed by atoms with Crippen LogP contribution < -0.4 is 15.4 Å². The number of H-pyrrole nitrogens is 2. The summed E-state index contributed by atoms with van der Waals surface area (Å²) in [6.45, 7) is 20.5. The van der Waals surface area contributed by atoms with Crippen LogP contribution in [0.15, 0.2) is 48.7 Å². The summed E-state index contributed by atoms with van der Waals surface area (Å²) < 4.78 is 26.5. The molecule has 2 aromatic heterocycles. The maximum absolute atomic E-state index is 12.8. The monoisotopic (exact) mass is 983 g/mol. The van der Waals surface area contributed by atoms with Crippen molar-refractivity contribution in [2.75, 3.05) is 40.4 Å². The fourth-order valence-corrected chi connectivity index (χ4v) is 9.28. The smallest absolute Gasteiger partial charge is 0.407 e. The van der Waals surface area contributed by atoms with E-state index in [4.69, 9.17) is 19.2 Å². The number of rotatable bonds is 13. The number of imidazole rings is 2. The van der Waals surface area contributed by atoms with Crippen molar-refractivity contribution in [3.63, 3.8) is 0 Å². The Balaban J connectivity index is 0.000000411. The molecule has 3 aliphatic rings. The van der Waals surface area contributed by atoms with Gasteiger partial charge in [0.25, 0.3) is 0 Å². The molecule has 0 radical (unpaired) electrons. The third-order valence-electron chi connectivity index (χ3n) is 12.5. The largest absolute Gasteiger partial charge is 0.488 e. The standard InChI is InChI=1S/C37H42N8O7.C8H16O.C7H14O.C2H6/c1-5-11-44(33(46)17-39-36(48)50-3)19-31-38-16-29(42-31)23-7-9-25-24(13-23)21-52-30-15-26-22(14-27(25)30)8-10-28-35(26)43-32(41-28)20-45(12-6-2)34(47)18-40-37(49)51-4;1-6-4-7(2)9-8(3)5-6;1-6-4-3-5-7(2)8-6;1-2/h7-10,13-16H,5-6,11-12,17-21H2,1-4H3,(H,38,42)(H,39,48)(H,40,49)(H,41,43);6-8H,4-5H2,1-3H3;6-7H,3-5H2,1-2H3;1-2H3/t;6?,7-,8?;6-,7?;/m.11./s1. The van der Waals surface area contributed by atoms with Crippen LogP contribution in [0.2, 0.25) is 0 Å². The summed E-state index contributed by atoms with van der Waals surface area (Å²) in [5.74, 6) is 2.44. The van der Waals surface area contributed by atoms with Gasteiger partial charge in [0.1, 0.15) is 37.1 Å². The van der Waals surface area contributed by atoms with Gasteiger partial charge in [-0.1, -0.05) is 52.8 Å². The second-order valence-corrected chi connectivity index (χ2v) is 18.5. The van der Waals surface area contributed by atoms with Gasteiger partial charge in [-0.15, -0.1) is 0 Å². The van der Waals surface area contributed by atoms with Gasteiger partial charge in [-0.3, -0.25) is 9.59 Å². The number of ether oxygens (including phenoxy) is 5. The topological polar surface area (TPSA) is 202 Å². The first-order valence-corrected chi connectivity index (χ1v) is 25.4. The van der Waals surface area contributed by atoms with Crippen LogP contribution in [0.5, 0.6) is 5.75 Å². The molecule has 0 bridgehead atoms. The third kappa shape index (κ3) is 15.9. The van der Waals surface area contributed by atoms with Crippen molar-refractivity contribution in [2.45, 2.75) is 151 Å². The number of aromatic amines is 2. The Morgan fingerprint density at radius 3 is 1.87 bits per heavy atom. The molecule has 5 heterocycles. The lowest BCUT2D eigenvalue weighted by Crippen LogP contribution is -2.40. The van der Waals surface area contributed by atoms with E-state index >= 15 is 0 Å². The Kier molecular flexibility index (Phi) is 21.5. The number of alkyl carbamates (subject to hydrolysis) is 2. The van der Waals surface area contributed by atoms with Crippen LogP contribution in [0.1, 0.15) is 124 Å². The molecule has 3 aromatic carbocycles. The van der Waals surface area contributed by atoms with E-state index < -0.39 is 12.2 Å². The Hall–Kier alpha value is -6.20. The summed E-state index contributed by atoms with van der Waals surface area (Å²) in [4.78, 5) is 67.9. The highest BCUT2D eigenvalue weighted by Crippen LogP contribution is 2.42. The number of nitrogens with one attached hydrogen (secondary N) is 4. The van der Waals surface area contributed by atoms with Crippen molar-refractivity contribution < 1.29 is 42.9 Å². The zero-order chi connectivity index (χ0) is 51.6. The predicted octanol–water partition coefficient (Wildman–Crippen LogP) is 10.1. The molecule has 5 aromatic rings. The van der Waals surface area contributed by atoms with Gasteiger partial charge >= 0.3 is 12.2 Å². The van der Waals surface area contributed by atoms with Gasteiger partial charge in [0.05, 0.1) is 74.6 Å². The fourth-order valence-electron chi connectivity index (χ4n) is 9.28. The number of hydrogen-bond acceptors (Lipinski definition) is 11. The van der Waals surface area contributed by atoms with Crippen molar-refractivity contribution in [3.05, 3.63) is 65.9 Å². The number of carbonyl (C=O) groups excluding carboxylic acids is 4. The molecule has 0 aliphatic carbocycles. The Morgan fingerprint density at radius 1 is 0.732 bits per heavy atom. The number of methoxy groups -OCH3 is 2. The molecule has 388 valence electrons. The zero-order valence-corrected chi connectivity index (χ0v) is 43.9. The lowest BCUT2D eigenvalue weighted by atomic mass is 9.92. The van der Waals surface area contributed by atoms with Crippen molar-refractivity contribution >= 4 is 45.8 Å². The molecular formula is C54H78N8O9. The highest BCUT2D eigenvalue weighted by atomic mass is 16.5. The maximum atomic E-state index is 12.8. The molecule has 2 saturated heterocycles. The Bertz CT molecular complexity index is 2490. The summed E-state index contributed by atoms with van der Waals surface area (Å²) >= 11 is 0. The number of benzene rings is 3. The fraction of sp³-hybridized carbons (Fsp3) is 0.556. The molecule has 0 spiro atoms. The van der Waals surface area contributed by atoms with E-state index in [1.165, 1.54) is 46.3 Å². The predicted molar refractivity (Wildman–Crippen MR) is 277 cm³/mol. The van der Waals surface area contributed by atoms with E-state index in [1.807, 2.05) is 52.0 Å². The number of hydrogen-bond donors (Lipinski definition) is 4. The first kappa shape index (κ1) is 55.7. The van der Waals surface area contributed by atoms with Crippen LogP contribution in [0.4, 0.5) is 9.59 Å². The van der Waals surface area contributed by atoms with Gasteiger partial charge in [0.15, 0.2) is 0 Å². The molecule has 71 heavy (non-hydrogen) atoms. The maximum Gasteiger partial charge on any atom is 0.407 e. The second-order valence-electron chi connectivity index (χ2n) is 18.5. The highest BCUT2D eigenvalue weighted by Gasteiger charge is 2.24. The molecule has 0 saturated carbocycles. The lowest BCUT2D eigenvalue weighted by Gasteiger charge is -2.29. The number of amides is 4. The lowest BCUT2D eigenvalue weighted by molar-refractivity contribution is -0.131. The van der Waals surface area contributed by atoms with Gasteiger partial charge in [0.2, 0.25) is 11.8 Å². The van der Waals surface area contributed by atoms with Crippen molar-refractivity contribution in [1.29, 1.82) is 0 Å². The third-order valence-corrected chi connectivity index (χ3v) is 12.5. The van der Waals surface area contributed by atoms with Crippen molar-refractivity contribution in [1.82, 2.24) is 40.4 Å². The molecular weight excluding hydrogens is 905 g/mol. The van der Waals surface area contributed by atoms with Gasteiger partial charge < -0.3 is 54.1 Å². The summed E-state index contributed by atoms with van der Waals surface area (Å²) in [7, 11) is 2.51. The molecule has 4 N–H and O–H groups in total. The Morgan fingerprint density at radius 2 is 1.32 bits per heavy atom. The van der Waals surface area contributed by atoms with E-state index in [2.05, 4.69) is 87.9 Å². The number of carbonyl (C=O) groups is 4. The van der Waals surface area contributed by atoms with E-state index in [9.17, 15) is 19.2 Å². The molecule has 3 unspecified atom stereocenters. The van der Waals surface area contributed by atoms with Crippen LogP contribution in [0.25, 0.3) is 44.2 Å². The second kappa shape index (κ2) is 27.4. The van der Waals surface area contributed by atoms with Crippen molar-refractivity contribution in [2.24, 2.45) is 5.92 Å². The zero-order valence-electron chi connectivity index (χ0n) is 43.9. The van der Waals surface area contributed by atoms with Crippen LogP contribution >= 0.6 is 0 Å². The minimum absolute atomic E-state index is 0.158. The molecule has 17 heteroatoms. The molecule has 4 amide bonds. The minimum atomic E-state index is -0.658. The molecule has 5 atom stereocenters. The van der Waals surface area contributed by atoms with Crippen LogP contribution in [0, 0.1) is 5.92 Å². The van der Waals surface area contributed by atoms with Crippen LogP contribution in [-0.2, 0) is 48.2 Å². The van der Waals surface area contributed by atoms with E-state index in [-0.39, 0.29) is 38.0 Å². The number of nitrogens with zero attached hydrogens (tertiary/aromatic N) is 4. The molecule has 3 aliphatic heterocycles.